The van der Waals surface area contributed by atoms with E-state index in [1.54, 1.807) is 34.0 Å². The van der Waals surface area contributed by atoms with E-state index in [0.717, 1.165) is 0 Å². The van der Waals surface area contributed by atoms with Crippen molar-refractivity contribution in [1.29, 1.82) is 0 Å². The summed E-state index contributed by atoms with van der Waals surface area (Å²) in [6.45, 7) is 5.25. The minimum Gasteiger partial charge on any atom is -0.442 e. The third kappa shape index (κ3) is 3.50. The molecule has 0 radical (unpaired) electrons. The fourth-order valence-electron chi connectivity index (χ4n) is 1.45. The van der Waals surface area contributed by atoms with E-state index in [-0.39, 0.29) is 12.1 Å². The predicted octanol–water partition coefficient (Wildman–Crippen LogP) is 1.96. The monoisotopic (exact) mass is 229 g/mol. The molecular formula is C11H19NO4. The van der Waals surface area contributed by atoms with Crippen molar-refractivity contribution in [1.82, 2.24) is 5.06 Å². The zero-order valence-corrected chi connectivity index (χ0v) is 10.1. The van der Waals surface area contributed by atoms with E-state index in [4.69, 9.17) is 9.47 Å². The van der Waals surface area contributed by atoms with Crippen LogP contribution in [0.15, 0.2) is 12.2 Å². The van der Waals surface area contributed by atoms with Gasteiger partial charge in [-0.3, -0.25) is 5.21 Å². The van der Waals surface area contributed by atoms with E-state index in [2.05, 4.69) is 0 Å². The van der Waals surface area contributed by atoms with Crippen molar-refractivity contribution in [3.8, 4) is 0 Å². The second-order valence-electron chi connectivity index (χ2n) is 4.79. The van der Waals surface area contributed by atoms with Gasteiger partial charge in [0.2, 0.25) is 0 Å². The quantitative estimate of drug-likeness (QED) is 0.446. The molecule has 0 bridgehead atoms. The Kier molecular flexibility index (Phi) is 3.93. The summed E-state index contributed by atoms with van der Waals surface area (Å²) in [5, 5.41) is 10.3. The maximum atomic E-state index is 11.5. The summed E-state index contributed by atoms with van der Waals surface area (Å²) < 4.78 is 10.1. The molecule has 0 saturated carbocycles. The van der Waals surface area contributed by atoms with Gasteiger partial charge in [-0.1, -0.05) is 12.2 Å². The Morgan fingerprint density at radius 1 is 1.44 bits per heavy atom. The highest BCUT2D eigenvalue weighted by Gasteiger charge is 2.30. The summed E-state index contributed by atoms with van der Waals surface area (Å²) in [6, 6.07) is -0.375. The topological polar surface area (TPSA) is 59.0 Å². The van der Waals surface area contributed by atoms with Gasteiger partial charge in [-0.05, 0) is 20.8 Å². The van der Waals surface area contributed by atoms with Crippen LogP contribution in [0.4, 0.5) is 4.79 Å². The molecular weight excluding hydrogens is 210 g/mol. The van der Waals surface area contributed by atoms with Crippen molar-refractivity contribution < 1.29 is 19.5 Å². The molecule has 16 heavy (non-hydrogen) atoms. The van der Waals surface area contributed by atoms with Crippen LogP contribution in [0.2, 0.25) is 0 Å². The standard InChI is InChI=1S/C11H19NO4/c1-11(2,3)16-10(13)12(14)8-5-6-9(7-8)15-4/h5-6,8-9,14H,7H2,1-4H3/t8-,9+/m0/s1. The van der Waals surface area contributed by atoms with Gasteiger partial charge in [0.1, 0.15) is 5.60 Å². The second kappa shape index (κ2) is 4.84. The highest BCUT2D eigenvalue weighted by Crippen LogP contribution is 2.19. The minimum absolute atomic E-state index is 0.0536. The fourth-order valence-corrected chi connectivity index (χ4v) is 1.45. The number of hydrogen-bond donors (Lipinski definition) is 1. The maximum absolute atomic E-state index is 11.5. The molecule has 1 N–H and O–H groups in total. The third-order valence-electron chi connectivity index (χ3n) is 2.22. The minimum atomic E-state index is -0.737. The molecule has 1 amide bonds. The zero-order valence-electron chi connectivity index (χ0n) is 10.1. The van der Waals surface area contributed by atoms with Crippen LogP contribution in [0.1, 0.15) is 27.2 Å². The van der Waals surface area contributed by atoms with Crippen LogP contribution in [0, 0.1) is 0 Å². The summed E-state index contributed by atoms with van der Waals surface area (Å²) in [4.78, 5) is 11.5. The van der Waals surface area contributed by atoms with Crippen molar-refractivity contribution in [3.63, 3.8) is 0 Å². The highest BCUT2D eigenvalue weighted by molar-refractivity contribution is 5.67. The molecule has 0 spiro atoms. The highest BCUT2D eigenvalue weighted by atomic mass is 16.6. The Hall–Kier alpha value is -1.07. The van der Waals surface area contributed by atoms with E-state index in [9.17, 15) is 10.0 Å². The average molecular weight is 229 g/mol. The normalized spacial score (nSPS) is 24.6. The lowest BCUT2D eigenvalue weighted by Gasteiger charge is -2.26. The SMILES string of the molecule is CO[C@@H]1C=C[C@H](N(O)C(=O)OC(C)(C)C)C1. The lowest BCUT2D eigenvalue weighted by atomic mass is 10.2. The van der Waals surface area contributed by atoms with Crippen LogP contribution in [0.5, 0.6) is 0 Å². The molecule has 92 valence electrons. The molecule has 0 aromatic heterocycles. The van der Waals surface area contributed by atoms with Gasteiger partial charge in [0, 0.05) is 13.5 Å². The van der Waals surface area contributed by atoms with Gasteiger partial charge in [0.15, 0.2) is 0 Å². The smallest absolute Gasteiger partial charge is 0.434 e. The van der Waals surface area contributed by atoms with Crippen molar-refractivity contribution in [2.24, 2.45) is 0 Å². The van der Waals surface area contributed by atoms with Gasteiger partial charge in [-0.25, -0.2) is 4.79 Å². The third-order valence-corrected chi connectivity index (χ3v) is 2.22. The number of nitrogens with zero attached hydrogens (tertiary/aromatic N) is 1. The molecule has 0 aromatic carbocycles. The molecule has 0 heterocycles. The number of hydrogen-bond acceptors (Lipinski definition) is 4. The lowest BCUT2D eigenvalue weighted by molar-refractivity contribution is -0.113. The lowest BCUT2D eigenvalue weighted by Crippen LogP contribution is -2.40. The Morgan fingerprint density at radius 3 is 2.50 bits per heavy atom. The Labute approximate surface area is 95.6 Å². The van der Waals surface area contributed by atoms with Crippen LogP contribution in [-0.4, -0.2) is 41.2 Å². The molecule has 0 fully saturated rings. The number of hydroxylamine groups is 2. The van der Waals surface area contributed by atoms with Crippen molar-refractivity contribution in [2.45, 2.75) is 44.9 Å². The number of carbonyl (C=O) groups excluding carboxylic acids is 1. The molecule has 0 unspecified atom stereocenters. The largest absolute Gasteiger partial charge is 0.442 e. The predicted molar refractivity (Wildman–Crippen MR) is 58.2 cm³/mol. The Morgan fingerprint density at radius 2 is 2.06 bits per heavy atom. The molecule has 0 aliphatic heterocycles. The maximum Gasteiger partial charge on any atom is 0.434 e. The number of ether oxygens (including phenoxy) is 2. The number of amides is 1. The molecule has 2 atom stereocenters. The summed E-state index contributed by atoms with van der Waals surface area (Å²) in [5.41, 5.74) is -0.610. The van der Waals surface area contributed by atoms with E-state index in [0.29, 0.717) is 11.5 Å². The first-order chi connectivity index (χ1) is 7.33. The van der Waals surface area contributed by atoms with Crippen molar-refractivity contribution in [2.75, 3.05) is 7.11 Å². The van der Waals surface area contributed by atoms with Gasteiger partial charge >= 0.3 is 6.09 Å². The van der Waals surface area contributed by atoms with Gasteiger partial charge in [-0.15, -0.1) is 0 Å². The Bertz CT molecular complexity index is 282. The first kappa shape index (κ1) is 13.0. The van der Waals surface area contributed by atoms with Crippen molar-refractivity contribution >= 4 is 6.09 Å². The van der Waals surface area contributed by atoms with Crippen molar-refractivity contribution in [3.05, 3.63) is 12.2 Å². The number of rotatable bonds is 2. The fraction of sp³-hybridized carbons (Fsp3) is 0.727. The second-order valence-corrected chi connectivity index (χ2v) is 4.79. The van der Waals surface area contributed by atoms with E-state index < -0.39 is 11.7 Å². The van der Waals surface area contributed by atoms with Gasteiger partial charge in [0.25, 0.3) is 0 Å². The average Bonchev–Trinajstić information content (AvgIpc) is 2.61. The molecule has 1 aliphatic rings. The summed E-state index contributed by atoms with van der Waals surface area (Å²) in [7, 11) is 1.59. The molecule has 5 nitrogen and oxygen atoms in total. The van der Waals surface area contributed by atoms with Crippen LogP contribution in [-0.2, 0) is 9.47 Å². The molecule has 1 aliphatic carbocycles. The summed E-state index contributed by atoms with van der Waals surface area (Å²) in [6.07, 6.45) is 3.31. The molecule has 5 heteroatoms. The van der Waals surface area contributed by atoms with E-state index >= 15 is 0 Å². The molecule has 1 rings (SSSR count). The first-order valence-corrected chi connectivity index (χ1v) is 5.25. The van der Waals surface area contributed by atoms with Gasteiger partial charge in [-0.2, -0.15) is 5.06 Å². The first-order valence-electron chi connectivity index (χ1n) is 5.25. The molecule has 0 saturated heterocycles. The van der Waals surface area contributed by atoms with Gasteiger partial charge in [0.05, 0.1) is 12.1 Å². The molecule has 0 aromatic rings. The zero-order chi connectivity index (χ0) is 12.3. The van der Waals surface area contributed by atoms with Gasteiger partial charge < -0.3 is 9.47 Å². The number of methoxy groups -OCH3 is 1. The summed E-state index contributed by atoms with van der Waals surface area (Å²) >= 11 is 0. The van der Waals surface area contributed by atoms with Crippen LogP contribution in [0.25, 0.3) is 0 Å². The van der Waals surface area contributed by atoms with E-state index in [1.807, 2.05) is 6.08 Å². The Balaban J connectivity index is 2.50. The van der Waals surface area contributed by atoms with Crippen LogP contribution in [0.3, 0.4) is 0 Å². The van der Waals surface area contributed by atoms with Crippen LogP contribution >= 0.6 is 0 Å². The summed E-state index contributed by atoms with van der Waals surface area (Å²) in [5.74, 6) is 0. The van der Waals surface area contributed by atoms with Crippen LogP contribution < -0.4 is 0 Å². The number of carbonyl (C=O) groups is 1. The van der Waals surface area contributed by atoms with E-state index in [1.165, 1.54) is 0 Å².